The van der Waals surface area contributed by atoms with Gasteiger partial charge in [-0.1, -0.05) is 31.5 Å². The molecule has 2 aromatic heterocycles. The maximum atomic E-state index is 13.6. The Morgan fingerprint density at radius 2 is 1.79 bits per heavy atom. The molecule has 2 aromatic carbocycles. The van der Waals surface area contributed by atoms with E-state index in [-0.39, 0.29) is 5.97 Å². The largest absolute Gasteiger partial charge is 0.493 e. The Balaban J connectivity index is 1.92. The highest BCUT2D eigenvalue weighted by Crippen LogP contribution is 2.53. The number of nitrogens with zero attached hydrogens (tertiary/aromatic N) is 3. The highest BCUT2D eigenvalue weighted by atomic mass is 16.6. The van der Waals surface area contributed by atoms with Crippen molar-refractivity contribution in [1.82, 2.24) is 9.55 Å². The lowest BCUT2D eigenvalue weighted by atomic mass is 9.79. The molecule has 0 spiro atoms. The molecule has 0 bridgehead atoms. The van der Waals surface area contributed by atoms with Crippen molar-refractivity contribution >= 4 is 22.6 Å². The molecule has 6 nitrogen and oxygen atoms in total. The van der Waals surface area contributed by atoms with E-state index in [1.165, 1.54) is 5.69 Å². The number of carbonyl (C=O) groups excluding carboxylic acids is 1. The highest BCUT2D eigenvalue weighted by molar-refractivity contribution is 5.98. The minimum Gasteiger partial charge on any atom is -0.493 e. The summed E-state index contributed by atoms with van der Waals surface area (Å²) in [4.78, 5) is 20.7. The third kappa shape index (κ3) is 4.26. The number of pyridine rings is 1. The Labute approximate surface area is 231 Å². The normalized spacial score (nSPS) is 16.4. The summed E-state index contributed by atoms with van der Waals surface area (Å²) in [7, 11) is 0. The van der Waals surface area contributed by atoms with Gasteiger partial charge in [-0.3, -0.25) is 4.98 Å². The molecule has 0 saturated heterocycles. The summed E-state index contributed by atoms with van der Waals surface area (Å²) < 4.78 is 15.3. The molecular weight excluding hydrogens is 486 g/mol. The molecular formula is C33H39N3O3. The molecule has 3 heterocycles. The predicted octanol–water partition coefficient (Wildman–Crippen LogP) is 7.11. The van der Waals surface area contributed by atoms with E-state index in [1.807, 2.05) is 13.0 Å². The van der Waals surface area contributed by atoms with Gasteiger partial charge in [0, 0.05) is 65.3 Å². The van der Waals surface area contributed by atoms with E-state index >= 15 is 0 Å². The number of carbonyl (C=O) groups is 1. The van der Waals surface area contributed by atoms with Crippen molar-refractivity contribution in [2.24, 2.45) is 0 Å². The maximum absolute atomic E-state index is 13.6. The summed E-state index contributed by atoms with van der Waals surface area (Å²) >= 11 is 0. The fourth-order valence-electron chi connectivity index (χ4n) is 6.16. The van der Waals surface area contributed by atoms with Crippen molar-refractivity contribution in [2.45, 2.75) is 66.0 Å². The van der Waals surface area contributed by atoms with Crippen molar-refractivity contribution in [3.63, 3.8) is 0 Å². The van der Waals surface area contributed by atoms with Crippen LogP contribution in [0.2, 0.25) is 0 Å². The molecule has 1 unspecified atom stereocenters. The molecule has 0 radical (unpaired) electrons. The van der Waals surface area contributed by atoms with Crippen LogP contribution in [0.5, 0.6) is 5.75 Å². The molecule has 0 fully saturated rings. The zero-order valence-electron chi connectivity index (χ0n) is 23.8. The van der Waals surface area contributed by atoms with Crippen LogP contribution >= 0.6 is 0 Å². The summed E-state index contributed by atoms with van der Waals surface area (Å²) in [5, 5.41) is 1.08. The Kier molecular flexibility index (Phi) is 7.65. The van der Waals surface area contributed by atoms with Gasteiger partial charge in [0.2, 0.25) is 5.60 Å². The van der Waals surface area contributed by atoms with Gasteiger partial charge in [-0.2, -0.15) is 0 Å². The van der Waals surface area contributed by atoms with E-state index in [4.69, 9.17) is 14.5 Å². The molecule has 1 atom stereocenters. The van der Waals surface area contributed by atoms with Crippen LogP contribution in [0, 0.1) is 0 Å². The van der Waals surface area contributed by atoms with Crippen molar-refractivity contribution in [1.29, 1.82) is 0 Å². The first-order chi connectivity index (χ1) is 19.0. The number of cyclic esters (lactones) is 1. The lowest BCUT2D eigenvalue weighted by Gasteiger charge is -2.32. The number of hydrogen-bond acceptors (Lipinski definition) is 5. The van der Waals surface area contributed by atoms with Gasteiger partial charge in [0.05, 0.1) is 12.2 Å². The summed E-state index contributed by atoms with van der Waals surface area (Å²) in [6.07, 6.45) is 4.72. The van der Waals surface area contributed by atoms with Gasteiger partial charge in [0.1, 0.15) is 11.4 Å². The van der Waals surface area contributed by atoms with Crippen LogP contribution in [0.3, 0.4) is 0 Å². The second kappa shape index (κ2) is 11.1. The highest BCUT2D eigenvalue weighted by Gasteiger charge is 2.54. The molecule has 0 aliphatic carbocycles. The predicted molar refractivity (Wildman–Crippen MR) is 157 cm³/mol. The van der Waals surface area contributed by atoms with Gasteiger partial charge in [-0.05, 0) is 70.9 Å². The first-order valence-corrected chi connectivity index (χ1v) is 14.4. The molecule has 1 aliphatic rings. The second-order valence-corrected chi connectivity index (χ2v) is 9.94. The Bertz CT molecular complexity index is 1490. The SMILES string of the molecule is CCCCc1c(C2(c3ccc(N(CC)CC)cc3OCC)OC(=O)c3cccnc32)c2ccccc2n1CC. The Hall–Kier alpha value is -3.80. The quantitative estimate of drug-likeness (QED) is 0.195. The van der Waals surface area contributed by atoms with Crippen molar-refractivity contribution in [3.05, 3.63) is 88.9 Å². The summed E-state index contributed by atoms with van der Waals surface area (Å²) in [6.45, 7) is 13.8. The fourth-order valence-corrected chi connectivity index (χ4v) is 6.16. The van der Waals surface area contributed by atoms with Crippen LogP contribution < -0.4 is 9.64 Å². The van der Waals surface area contributed by atoms with Crippen molar-refractivity contribution in [3.8, 4) is 5.75 Å². The molecule has 1 aliphatic heterocycles. The molecule has 5 rings (SSSR count). The smallest absolute Gasteiger partial charge is 0.341 e. The van der Waals surface area contributed by atoms with Gasteiger partial charge in [-0.15, -0.1) is 0 Å². The van der Waals surface area contributed by atoms with Crippen LogP contribution in [0.4, 0.5) is 5.69 Å². The standard InChI is InChI=1S/C33H39N3O3/c1-6-11-17-28-30(24-15-12-13-18-27(24)36(28)9-4)33(31-25(32(37)39-33)16-14-21-34-31)26-20-19-23(35(7-2)8-3)22-29(26)38-10-5/h12-16,18-22H,6-11,17H2,1-5H3. The number of anilines is 1. The molecule has 204 valence electrons. The lowest BCUT2D eigenvalue weighted by molar-refractivity contribution is 0.0237. The second-order valence-electron chi connectivity index (χ2n) is 9.94. The fraction of sp³-hybridized carbons (Fsp3) is 0.394. The van der Waals surface area contributed by atoms with Gasteiger partial charge in [0.25, 0.3) is 0 Å². The minimum absolute atomic E-state index is 0.358. The third-order valence-electron chi connectivity index (χ3n) is 7.89. The van der Waals surface area contributed by atoms with E-state index in [9.17, 15) is 4.79 Å². The lowest BCUT2D eigenvalue weighted by Crippen LogP contribution is -2.33. The van der Waals surface area contributed by atoms with Crippen LogP contribution in [-0.2, 0) is 23.3 Å². The van der Waals surface area contributed by atoms with E-state index in [0.717, 1.165) is 66.6 Å². The number of ether oxygens (including phenoxy) is 2. The van der Waals surface area contributed by atoms with Crippen LogP contribution in [0.25, 0.3) is 10.9 Å². The zero-order valence-corrected chi connectivity index (χ0v) is 23.8. The van der Waals surface area contributed by atoms with Gasteiger partial charge in [-0.25, -0.2) is 4.79 Å². The van der Waals surface area contributed by atoms with E-state index in [2.05, 4.69) is 79.6 Å². The monoisotopic (exact) mass is 525 g/mol. The molecule has 0 N–H and O–H groups in total. The first kappa shape index (κ1) is 26.8. The number of unbranched alkanes of at least 4 members (excludes halogenated alkanes) is 1. The number of hydrogen-bond donors (Lipinski definition) is 0. The topological polar surface area (TPSA) is 56.6 Å². The number of esters is 1. The molecule has 0 amide bonds. The average molecular weight is 526 g/mol. The number of para-hydroxylation sites is 1. The Morgan fingerprint density at radius 1 is 1.00 bits per heavy atom. The molecule has 6 heteroatoms. The van der Waals surface area contributed by atoms with E-state index in [0.29, 0.717) is 23.6 Å². The molecule has 39 heavy (non-hydrogen) atoms. The Morgan fingerprint density at radius 3 is 2.51 bits per heavy atom. The summed E-state index contributed by atoms with van der Waals surface area (Å²) in [6, 6.07) is 18.4. The number of benzene rings is 2. The number of aryl methyl sites for hydroxylation is 1. The molecule has 0 saturated carbocycles. The number of rotatable bonds is 11. The third-order valence-corrected chi connectivity index (χ3v) is 7.89. The van der Waals surface area contributed by atoms with E-state index < -0.39 is 5.60 Å². The summed E-state index contributed by atoms with van der Waals surface area (Å²) in [5.74, 6) is 0.353. The first-order valence-electron chi connectivity index (χ1n) is 14.4. The van der Waals surface area contributed by atoms with Gasteiger partial charge < -0.3 is 18.9 Å². The number of aromatic nitrogens is 2. The van der Waals surface area contributed by atoms with Crippen molar-refractivity contribution in [2.75, 3.05) is 24.6 Å². The number of fused-ring (bicyclic) bond motifs is 2. The maximum Gasteiger partial charge on any atom is 0.341 e. The zero-order chi connectivity index (χ0) is 27.6. The van der Waals surface area contributed by atoms with Gasteiger partial charge in [0.15, 0.2) is 0 Å². The van der Waals surface area contributed by atoms with E-state index in [1.54, 1.807) is 12.3 Å². The summed E-state index contributed by atoms with van der Waals surface area (Å²) in [5.41, 5.74) is 5.10. The average Bonchev–Trinajstić information content (AvgIpc) is 3.45. The van der Waals surface area contributed by atoms with Crippen LogP contribution in [-0.4, -0.2) is 35.2 Å². The van der Waals surface area contributed by atoms with Crippen molar-refractivity contribution < 1.29 is 14.3 Å². The minimum atomic E-state index is -1.23. The van der Waals surface area contributed by atoms with Gasteiger partial charge >= 0.3 is 5.97 Å². The molecule has 4 aromatic rings. The van der Waals surface area contributed by atoms with Crippen LogP contribution in [0.1, 0.15) is 80.3 Å². The van der Waals surface area contributed by atoms with Crippen LogP contribution in [0.15, 0.2) is 60.8 Å².